The van der Waals surface area contributed by atoms with Crippen LogP contribution in [0.2, 0.25) is 0 Å². The second kappa shape index (κ2) is 4.75. The smallest absolute Gasteiger partial charge is 0.169 e. The molecule has 0 aromatic heterocycles. The van der Waals surface area contributed by atoms with E-state index < -0.39 is 0 Å². The first-order valence-corrected chi connectivity index (χ1v) is 6.75. The van der Waals surface area contributed by atoms with E-state index in [4.69, 9.17) is 4.74 Å². The average molecular weight is 246 g/mol. The molecule has 0 radical (unpaired) electrons. The van der Waals surface area contributed by atoms with Crippen molar-refractivity contribution in [2.24, 2.45) is 5.92 Å². The van der Waals surface area contributed by atoms with Gasteiger partial charge in [0.05, 0.1) is 12.2 Å². The number of Topliss-reactive ketones (excluding diaryl/α,β-unsaturated/α-hetero) is 1. The van der Waals surface area contributed by atoms with Crippen molar-refractivity contribution in [2.75, 3.05) is 6.61 Å². The Kier molecular flexibility index (Phi) is 3.47. The summed E-state index contributed by atoms with van der Waals surface area (Å²) in [6.45, 7) is 9.03. The molecule has 2 rings (SSSR count). The van der Waals surface area contributed by atoms with E-state index in [0.29, 0.717) is 6.61 Å². The largest absolute Gasteiger partial charge is 0.493 e. The Bertz CT molecular complexity index is 451. The van der Waals surface area contributed by atoms with Gasteiger partial charge in [0.1, 0.15) is 5.75 Å². The highest BCUT2D eigenvalue weighted by atomic mass is 16.5. The van der Waals surface area contributed by atoms with Crippen LogP contribution >= 0.6 is 0 Å². The zero-order valence-corrected chi connectivity index (χ0v) is 11.7. The Morgan fingerprint density at radius 2 is 2.00 bits per heavy atom. The van der Waals surface area contributed by atoms with Gasteiger partial charge in [-0.05, 0) is 42.9 Å². The third-order valence-corrected chi connectivity index (χ3v) is 3.36. The van der Waals surface area contributed by atoms with Crippen molar-refractivity contribution >= 4 is 5.78 Å². The minimum Gasteiger partial charge on any atom is -0.493 e. The van der Waals surface area contributed by atoms with E-state index in [1.54, 1.807) is 0 Å². The molecular weight excluding hydrogens is 224 g/mol. The molecular formula is C16H22O2. The molecule has 1 aromatic carbocycles. The number of carbonyl (C=O) groups is 1. The van der Waals surface area contributed by atoms with Gasteiger partial charge in [0.2, 0.25) is 0 Å². The van der Waals surface area contributed by atoms with Crippen LogP contribution in [0.3, 0.4) is 0 Å². The molecule has 0 heterocycles. The molecule has 98 valence electrons. The quantitative estimate of drug-likeness (QED) is 0.751. The summed E-state index contributed by atoms with van der Waals surface area (Å²) < 4.78 is 5.58. The summed E-state index contributed by atoms with van der Waals surface area (Å²) >= 11 is 0. The van der Waals surface area contributed by atoms with E-state index in [1.807, 2.05) is 19.1 Å². The maximum absolute atomic E-state index is 12.3. The predicted octanol–water partition coefficient (Wildman–Crippen LogP) is 3.98. The van der Waals surface area contributed by atoms with E-state index in [9.17, 15) is 4.79 Å². The van der Waals surface area contributed by atoms with E-state index in [2.05, 4.69) is 26.8 Å². The molecule has 18 heavy (non-hydrogen) atoms. The third-order valence-electron chi connectivity index (χ3n) is 3.36. The minimum atomic E-state index is 0.0589. The van der Waals surface area contributed by atoms with Crippen molar-refractivity contribution in [1.82, 2.24) is 0 Å². The van der Waals surface area contributed by atoms with E-state index in [1.165, 1.54) is 5.56 Å². The van der Waals surface area contributed by atoms with Crippen molar-refractivity contribution in [3.63, 3.8) is 0 Å². The Balaban J connectivity index is 2.40. The van der Waals surface area contributed by atoms with Crippen molar-refractivity contribution in [3.8, 4) is 5.75 Å². The molecule has 1 aliphatic rings. The van der Waals surface area contributed by atoms with Gasteiger partial charge in [-0.2, -0.15) is 0 Å². The standard InChI is InChI=1S/C16H22O2/c1-5-18-14-9-8-12(16(2,3)4)10-13(14)15(17)11-6-7-11/h8-11H,5-7H2,1-4H3. The molecule has 0 N–H and O–H groups in total. The van der Waals surface area contributed by atoms with E-state index >= 15 is 0 Å². The first-order chi connectivity index (χ1) is 8.43. The maximum atomic E-state index is 12.3. The fourth-order valence-corrected chi connectivity index (χ4v) is 2.04. The molecule has 1 aliphatic carbocycles. The van der Waals surface area contributed by atoms with Crippen LogP contribution in [0.1, 0.15) is 56.5 Å². The third kappa shape index (κ3) is 2.74. The normalized spacial score (nSPS) is 15.6. The lowest BCUT2D eigenvalue weighted by atomic mass is 9.85. The molecule has 0 unspecified atom stereocenters. The van der Waals surface area contributed by atoms with Gasteiger partial charge in [0.25, 0.3) is 0 Å². The minimum absolute atomic E-state index is 0.0589. The highest BCUT2D eigenvalue weighted by Crippen LogP contribution is 2.37. The first kappa shape index (κ1) is 13.1. The first-order valence-electron chi connectivity index (χ1n) is 6.75. The second-order valence-corrected chi connectivity index (χ2v) is 6.03. The van der Waals surface area contributed by atoms with Crippen molar-refractivity contribution < 1.29 is 9.53 Å². The second-order valence-electron chi connectivity index (χ2n) is 6.03. The van der Waals surface area contributed by atoms with Crippen LogP contribution in [-0.4, -0.2) is 12.4 Å². The topological polar surface area (TPSA) is 26.3 Å². The van der Waals surface area contributed by atoms with E-state index in [-0.39, 0.29) is 17.1 Å². The summed E-state index contributed by atoms with van der Waals surface area (Å²) in [5.74, 6) is 1.23. The number of hydrogen-bond acceptors (Lipinski definition) is 2. The lowest BCUT2D eigenvalue weighted by Crippen LogP contribution is -2.14. The van der Waals surface area contributed by atoms with Crippen LogP contribution < -0.4 is 4.74 Å². The number of rotatable bonds is 4. The lowest BCUT2D eigenvalue weighted by molar-refractivity contribution is 0.0963. The fraction of sp³-hybridized carbons (Fsp3) is 0.562. The van der Waals surface area contributed by atoms with Gasteiger partial charge < -0.3 is 4.74 Å². The van der Waals surface area contributed by atoms with Crippen LogP contribution in [0.5, 0.6) is 5.75 Å². The Hall–Kier alpha value is -1.31. The Morgan fingerprint density at radius 3 is 2.50 bits per heavy atom. The SMILES string of the molecule is CCOc1ccc(C(C)(C)C)cc1C(=O)C1CC1. The summed E-state index contributed by atoms with van der Waals surface area (Å²) in [5.41, 5.74) is 2.02. The molecule has 0 spiro atoms. The maximum Gasteiger partial charge on any atom is 0.169 e. The van der Waals surface area contributed by atoms with Gasteiger partial charge in [-0.15, -0.1) is 0 Å². The molecule has 0 amide bonds. The van der Waals surface area contributed by atoms with Gasteiger partial charge in [-0.1, -0.05) is 26.8 Å². The molecule has 2 nitrogen and oxygen atoms in total. The number of carbonyl (C=O) groups excluding carboxylic acids is 1. The Morgan fingerprint density at radius 1 is 1.33 bits per heavy atom. The van der Waals surface area contributed by atoms with Gasteiger partial charge in [0, 0.05) is 5.92 Å². The predicted molar refractivity (Wildman–Crippen MR) is 73.4 cm³/mol. The average Bonchev–Trinajstić information content (AvgIpc) is 3.11. The number of hydrogen-bond donors (Lipinski definition) is 0. The molecule has 2 heteroatoms. The highest BCUT2D eigenvalue weighted by molar-refractivity contribution is 6.01. The van der Waals surface area contributed by atoms with Crippen LogP contribution in [0.4, 0.5) is 0 Å². The zero-order valence-electron chi connectivity index (χ0n) is 11.7. The molecule has 0 saturated heterocycles. The van der Waals surface area contributed by atoms with Crippen molar-refractivity contribution in [3.05, 3.63) is 29.3 Å². The molecule has 0 atom stereocenters. The molecule has 1 aromatic rings. The monoisotopic (exact) mass is 246 g/mol. The summed E-state index contributed by atoms with van der Waals surface area (Å²) in [7, 11) is 0. The van der Waals surface area contributed by atoms with Gasteiger partial charge in [-0.25, -0.2) is 0 Å². The summed E-state index contributed by atoms with van der Waals surface area (Å²) in [4.78, 5) is 12.3. The number of ketones is 1. The molecule has 1 saturated carbocycles. The van der Waals surface area contributed by atoms with Crippen LogP contribution in [-0.2, 0) is 5.41 Å². The number of ether oxygens (including phenoxy) is 1. The zero-order chi connectivity index (χ0) is 13.3. The summed E-state index contributed by atoms with van der Waals surface area (Å²) in [6.07, 6.45) is 2.06. The summed E-state index contributed by atoms with van der Waals surface area (Å²) in [5, 5.41) is 0. The van der Waals surface area contributed by atoms with Crippen LogP contribution in [0.25, 0.3) is 0 Å². The highest BCUT2D eigenvalue weighted by Gasteiger charge is 2.32. The van der Waals surface area contributed by atoms with Gasteiger partial charge in [-0.3, -0.25) is 4.79 Å². The van der Waals surface area contributed by atoms with Crippen molar-refractivity contribution in [1.29, 1.82) is 0 Å². The van der Waals surface area contributed by atoms with Gasteiger partial charge >= 0.3 is 0 Å². The fourth-order valence-electron chi connectivity index (χ4n) is 2.04. The van der Waals surface area contributed by atoms with E-state index in [0.717, 1.165) is 24.2 Å². The summed E-state index contributed by atoms with van der Waals surface area (Å²) in [6, 6.07) is 6.03. The van der Waals surface area contributed by atoms with Crippen molar-refractivity contribution in [2.45, 2.75) is 46.0 Å². The molecule has 1 fully saturated rings. The molecule has 0 aliphatic heterocycles. The number of benzene rings is 1. The van der Waals surface area contributed by atoms with Gasteiger partial charge in [0.15, 0.2) is 5.78 Å². The lowest BCUT2D eigenvalue weighted by Gasteiger charge is -2.21. The Labute approximate surface area is 109 Å². The van der Waals surface area contributed by atoms with Crippen LogP contribution in [0, 0.1) is 5.92 Å². The van der Waals surface area contributed by atoms with Crippen LogP contribution in [0.15, 0.2) is 18.2 Å². The molecule has 0 bridgehead atoms.